The summed E-state index contributed by atoms with van der Waals surface area (Å²) in [6.45, 7) is 3.45. The summed E-state index contributed by atoms with van der Waals surface area (Å²) >= 11 is 0. The highest BCUT2D eigenvalue weighted by molar-refractivity contribution is 5.44. The van der Waals surface area contributed by atoms with Crippen LogP contribution in [0.1, 0.15) is 25.3 Å². The Labute approximate surface area is 101 Å². The summed E-state index contributed by atoms with van der Waals surface area (Å²) in [4.78, 5) is 0. The van der Waals surface area contributed by atoms with Gasteiger partial charge in [-0.1, -0.05) is 12.1 Å². The predicted molar refractivity (Wildman–Crippen MR) is 65.0 cm³/mol. The summed E-state index contributed by atoms with van der Waals surface area (Å²) in [5, 5.41) is 22.3. The Morgan fingerprint density at radius 1 is 1.47 bits per heavy atom. The molecule has 1 aromatic rings. The van der Waals surface area contributed by atoms with Crippen LogP contribution in [-0.4, -0.2) is 29.0 Å². The molecule has 0 radical (unpaired) electrons. The highest BCUT2D eigenvalue weighted by Crippen LogP contribution is 2.28. The number of para-hydroxylation sites is 1. The number of phenolic OH excluding ortho intramolecular Hbond substituents is 2. The zero-order chi connectivity index (χ0) is 12.3. The van der Waals surface area contributed by atoms with E-state index in [0.29, 0.717) is 12.1 Å². The molecule has 1 heterocycles. The van der Waals surface area contributed by atoms with E-state index >= 15 is 0 Å². The summed E-state index contributed by atoms with van der Waals surface area (Å²) in [6, 6.07) is 5.24. The minimum absolute atomic E-state index is 0.0421. The summed E-state index contributed by atoms with van der Waals surface area (Å²) in [5.74, 6) is -0.117. The summed E-state index contributed by atoms with van der Waals surface area (Å²) in [7, 11) is 0. The second-order valence-electron chi connectivity index (χ2n) is 4.51. The van der Waals surface area contributed by atoms with Crippen molar-refractivity contribution in [3.05, 3.63) is 23.8 Å². The Bertz CT molecular complexity index is 375. The van der Waals surface area contributed by atoms with Crippen molar-refractivity contribution in [2.45, 2.75) is 38.5 Å². The molecule has 0 amide bonds. The topological polar surface area (TPSA) is 61.7 Å². The lowest BCUT2D eigenvalue weighted by Crippen LogP contribution is -2.36. The minimum Gasteiger partial charge on any atom is -0.504 e. The van der Waals surface area contributed by atoms with E-state index in [1.54, 1.807) is 12.1 Å². The van der Waals surface area contributed by atoms with Crippen molar-refractivity contribution >= 4 is 0 Å². The number of rotatable bonds is 4. The van der Waals surface area contributed by atoms with E-state index in [1.165, 1.54) is 6.07 Å². The summed E-state index contributed by atoms with van der Waals surface area (Å²) in [6.07, 6.45) is 2.46. The normalized spacial score (nSPS) is 21.6. The lowest BCUT2D eigenvalue weighted by atomic mass is 10.1. The van der Waals surface area contributed by atoms with E-state index in [4.69, 9.17) is 4.74 Å². The number of ether oxygens (including phenoxy) is 1. The van der Waals surface area contributed by atoms with E-state index < -0.39 is 0 Å². The molecule has 1 aliphatic heterocycles. The Morgan fingerprint density at radius 3 is 3.00 bits per heavy atom. The second kappa shape index (κ2) is 5.38. The fourth-order valence-electron chi connectivity index (χ4n) is 2.12. The molecule has 1 aromatic carbocycles. The first-order valence-corrected chi connectivity index (χ1v) is 6.03. The first kappa shape index (κ1) is 12.2. The molecule has 0 saturated carbocycles. The molecular formula is C13H19NO3. The van der Waals surface area contributed by atoms with Gasteiger partial charge in [-0.15, -0.1) is 0 Å². The number of benzene rings is 1. The smallest absolute Gasteiger partial charge is 0.161 e. The second-order valence-corrected chi connectivity index (χ2v) is 4.51. The Hall–Kier alpha value is -1.26. The van der Waals surface area contributed by atoms with Crippen LogP contribution in [0, 0.1) is 0 Å². The number of nitrogens with one attached hydrogen (secondary N) is 1. The van der Waals surface area contributed by atoms with Crippen molar-refractivity contribution in [3.8, 4) is 11.5 Å². The van der Waals surface area contributed by atoms with E-state index in [1.807, 2.05) is 0 Å². The average molecular weight is 237 g/mol. The fourth-order valence-corrected chi connectivity index (χ4v) is 2.12. The van der Waals surface area contributed by atoms with Gasteiger partial charge in [0, 0.05) is 24.8 Å². The molecule has 94 valence electrons. The lowest BCUT2D eigenvalue weighted by molar-refractivity contribution is 0.0831. The van der Waals surface area contributed by atoms with Gasteiger partial charge in [0.15, 0.2) is 11.5 Å². The third-order valence-corrected chi connectivity index (χ3v) is 3.24. The maximum absolute atomic E-state index is 9.65. The molecule has 1 aliphatic rings. The van der Waals surface area contributed by atoms with Gasteiger partial charge in [-0.05, 0) is 25.8 Å². The van der Waals surface area contributed by atoms with Crippen molar-refractivity contribution in [2.75, 3.05) is 6.61 Å². The van der Waals surface area contributed by atoms with Crippen LogP contribution in [0.2, 0.25) is 0 Å². The SMILES string of the molecule is CC(NCc1cccc(O)c1O)C1CCCO1. The predicted octanol–water partition coefficient (Wildman–Crippen LogP) is 1.75. The molecule has 0 aliphatic carbocycles. The highest BCUT2D eigenvalue weighted by Gasteiger charge is 2.22. The first-order chi connectivity index (χ1) is 8.18. The molecule has 0 bridgehead atoms. The maximum atomic E-state index is 9.65. The molecule has 2 unspecified atom stereocenters. The van der Waals surface area contributed by atoms with E-state index in [9.17, 15) is 10.2 Å². The van der Waals surface area contributed by atoms with Crippen molar-refractivity contribution < 1.29 is 14.9 Å². The molecule has 0 spiro atoms. The lowest BCUT2D eigenvalue weighted by Gasteiger charge is -2.20. The Kier molecular flexibility index (Phi) is 3.86. The zero-order valence-corrected chi connectivity index (χ0v) is 10.0. The number of phenols is 2. The molecule has 0 aromatic heterocycles. The van der Waals surface area contributed by atoms with Crippen molar-refractivity contribution in [2.24, 2.45) is 0 Å². The number of aromatic hydroxyl groups is 2. The van der Waals surface area contributed by atoms with Gasteiger partial charge < -0.3 is 20.3 Å². The first-order valence-electron chi connectivity index (χ1n) is 6.03. The maximum Gasteiger partial charge on any atom is 0.161 e. The third kappa shape index (κ3) is 2.90. The summed E-state index contributed by atoms with van der Waals surface area (Å²) in [5.41, 5.74) is 0.704. The molecule has 2 atom stereocenters. The van der Waals surface area contributed by atoms with Gasteiger partial charge in [0.05, 0.1) is 6.10 Å². The van der Waals surface area contributed by atoms with Gasteiger partial charge in [-0.3, -0.25) is 0 Å². The standard InChI is InChI=1S/C13H19NO3/c1-9(12-6-3-7-17-12)14-8-10-4-2-5-11(15)13(10)16/h2,4-5,9,12,14-16H,3,6-8H2,1H3. The van der Waals surface area contributed by atoms with Crippen LogP contribution in [-0.2, 0) is 11.3 Å². The zero-order valence-electron chi connectivity index (χ0n) is 10.0. The van der Waals surface area contributed by atoms with Crippen LogP contribution in [0.4, 0.5) is 0 Å². The quantitative estimate of drug-likeness (QED) is 0.698. The van der Waals surface area contributed by atoms with Gasteiger partial charge in [0.1, 0.15) is 0 Å². The van der Waals surface area contributed by atoms with E-state index in [-0.39, 0.29) is 23.6 Å². The highest BCUT2D eigenvalue weighted by atomic mass is 16.5. The molecule has 4 heteroatoms. The van der Waals surface area contributed by atoms with Crippen LogP contribution in [0.15, 0.2) is 18.2 Å². The van der Waals surface area contributed by atoms with Gasteiger partial charge in [0.25, 0.3) is 0 Å². The van der Waals surface area contributed by atoms with Gasteiger partial charge in [0.2, 0.25) is 0 Å². The monoisotopic (exact) mass is 237 g/mol. The number of hydrogen-bond acceptors (Lipinski definition) is 4. The van der Waals surface area contributed by atoms with Crippen LogP contribution >= 0.6 is 0 Å². The molecule has 4 nitrogen and oxygen atoms in total. The number of hydrogen-bond donors (Lipinski definition) is 3. The summed E-state index contributed by atoms with van der Waals surface area (Å²) < 4.78 is 5.58. The minimum atomic E-state index is -0.0749. The largest absolute Gasteiger partial charge is 0.504 e. The van der Waals surface area contributed by atoms with Gasteiger partial charge in [-0.2, -0.15) is 0 Å². The van der Waals surface area contributed by atoms with Gasteiger partial charge >= 0.3 is 0 Å². The molecular weight excluding hydrogens is 218 g/mol. The van der Waals surface area contributed by atoms with Gasteiger partial charge in [-0.25, -0.2) is 0 Å². The van der Waals surface area contributed by atoms with Crippen molar-refractivity contribution in [1.82, 2.24) is 5.32 Å². The molecule has 3 N–H and O–H groups in total. The fraction of sp³-hybridized carbons (Fsp3) is 0.538. The average Bonchev–Trinajstić information content (AvgIpc) is 2.84. The molecule has 1 saturated heterocycles. The Morgan fingerprint density at radius 2 is 2.29 bits per heavy atom. The third-order valence-electron chi connectivity index (χ3n) is 3.24. The van der Waals surface area contributed by atoms with E-state index in [2.05, 4.69) is 12.2 Å². The molecule has 17 heavy (non-hydrogen) atoms. The van der Waals surface area contributed by atoms with Crippen LogP contribution in [0.5, 0.6) is 11.5 Å². The molecule has 1 fully saturated rings. The Balaban J connectivity index is 1.90. The molecule has 2 rings (SSSR count). The van der Waals surface area contributed by atoms with Crippen LogP contribution in [0.3, 0.4) is 0 Å². The van der Waals surface area contributed by atoms with Crippen molar-refractivity contribution in [1.29, 1.82) is 0 Å². The van der Waals surface area contributed by atoms with Crippen LogP contribution < -0.4 is 5.32 Å². The van der Waals surface area contributed by atoms with Crippen molar-refractivity contribution in [3.63, 3.8) is 0 Å². The van der Waals surface area contributed by atoms with Crippen LogP contribution in [0.25, 0.3) is 0 Å². The van der Waals surface area contributed by atoms with E-state index in [0.717, 1.165) is 19.4 Å².